The van der Waals surface area contributed by atoms with Gasteiger partial charge in [0.05, 0.1) is 6.54 Å². The molecular formula is C21H25N5O. The third kappa shape index (κ3) is 4.16. The molecule has 3 rings (SSSR count). The SMILES string of the molecule is CCn1cnnc1CN(C)C(=O)c1ccc(-c2cccc(N(C)C)c2)cc1. The second-order valence-electron chi connectivity index (χ2n) is 6.72. The molecule has 0 saturated heterocycles. The number of aryl methyl sites for hydroxylation is 1. The lowest BCUT2D eigenvalue weighted by Crippen LogP contribution is -2.27. The maximum Gasteiger partial charge on any atom is 0.254 e. The van der Waals surface area contributed by atoms with E-state index < -0.39 is 0 Å². The number of nitrogens with zero attached hydrogens (tertiary/aromatic N) is 5. The molecule has 0 aliphatic heterocycles. The molecular weight excluding hydrogens is 338 g/mol. The van der Waals surface area contributed by atoms with Crippen LogP contribution in [-0.2, 0) is 13.1 Å². The lowest BCUT2D eigenvalue weighted by atomic mass is 10.0. The summed E-state index contributed by atoms with van der Waals surface area (Å²) in [5.41, 5.74) is 4.02. The van der Waals surface area contributed by atoms with Crippen molar-refractivity contribution in [2.45, 2.75) is 20.0 Å². The van der Waals surface area contributed by atoms with Crippen molar-refractivity contribution >= 4 is 11.6 Å². The van der Waals surface area contributed by atoms with Gasteiger partial charge in [-0.15, -0.1) is 10.2 Å². The van der Waals surface area contributed by atoms with Crippen molar-refractivity contribution in [2.24, 2.45) is 0 Å². The number of hydrogen-bond donors (Lipinski definition) is 0. The van der Waals surface area contributed by atoms with E-state index in [0.717, 1.165) is 29.2 Å². The molecule has 0 bridgehead atoms. The fourth-order valence-corrected chi connectivity index (χ4v) is 2.94. The third-order valence-corrected chi connectivity index (χ3v) is 4.59. The molecule has 0 fully saturated rings. The molecule has 140 valence electrons. The maximum absolute atomic E-state index is 12.7. The largest absolute Gasteiger partial charge is 0.378 e. The molecule has 3 aromatic rings. The Kier molecular flexibility index (Phi) is 5.54. The Morgan fingerprint density at radius 2 is 1.78 bits per heavy atom. The zero-order chi connectivity index (χ0) is 19.4. The van der Waals surface area contributed by atoms with Crippen LogP contribution in [0.15, 0.2) is 54.9 Å². The smallest absolute Gasteiger partial charge is 0.254 e. The molecule has 27 heavy (non-hydrogen) atoms. The summed E-state index contributed by atoms with van der Waals surface area (Å²) in [5.74, 6) is 0.750. The van der Waals surface area contributed by atoms with Gasteiger partial charge in [0.25, 0.3) is 5.91 Å². The number of benzene rings is 2. The third-order valence-electron chi connectivity index (χ3n) is 4.59. The van der Waals surface area contributed by atoms with Crippen molar-refractivity contribution in [1.29, 1.82) is 0 Å². The molecule has 0 unspecified atom stereocenters. The Balaban J connectivity index is 1.74. The summed E-state index contributed by atoms with van der Waals surface area (Å²) in [7, 11) is 5.83. The van der Waals surface area contributed by atoms with Crippen LogP contribution in [0, 0.1) is 0 Å². The number of carbonyl (C=O) groups excluding carboxylic acids is 1. The fraction of sp³-hybridized carbons (Fsp3) is 0.286. The molecule has 6 heteroatoms. The zero-order valence-corrected chi connectivity index (χ0v) is 16.3. The summed E-state index contributed by atoms with van der Waals surface area (Å²) >= 11 is 0. The predicted octanol–water partition coefficient (Wildman–Crippen LogP) is 3.30. The quantitative estimate of drug-likeness (QED) is 0.674. The van der Waals surface area contributed by atoms with Crippen molar-refractivity contribution in [3.8, 4) is 11.1 Å². The summed E-state index contributed by atoms with van der Waals surface area (Å²) in [6.07, 6.45) is 1.68. The molecule has 2 aromatic carbocycles. The minimum atomic E-state index is -0.0331. The predicted molar refractivity (Wildman–Crippen MR) is 108 cm³/mol. The Hall–Kier alpha value is -3.15. The minimum absolute atomic E-state index is 0.0331. The average Bonchev–Trinajstić information content (AvgIpc) is 3.14. The molecule has 0 spiro atoms. The highest BCUT2D eigenvalue weighted by atomic mass is 16.2. The molecule has 0 saturated carbocycles. The van der Waals surface area contributed by atoms with Crippen molar-refractivity contribution < 1.29 is 4.79 Å². The van der Waals surface area contributed by atoms with E-state index in [1.54, 1.807) is 18.3 Å². The number of carbonyl (C=O) groups is 1. The summed E-state index contributed by atoms with van der Waals surface area (Å²) < 4.78 is 1.94. The molecule has 1 amide bonds. The number of hydrogen-bond acceptors (Lipinski definition) is 4. The van der Waals surface area contributed by atoms with Gasteiger partial charge < -0.3 is 14.4 Å². The normalized spacial score (nSPS) is 10.7. The molecule has 0 aliphatic rings. The van der Waals surface area contributed by atoms with Gasteiger partial charge in [-0.05, 0) is 42.3 Å². The van der Waals surface area contributed by atoms with Crippen molar-refractivity contribution in [3.63, 3.8) is 0 Å². The highest BCUT2D eigenvalue weighted by molar-refractivity contribution is 5.94. The van der Waals surface area contributed by atoms with Gasteiger partial charge >= 0.3 is 0 Å². The summed E-state index contributed by atoms with van der Waals surface area (Å²) in [6.45, 7) is 3.24. The minimum Gasteiger partial charge on any atom is -0.378 e. The Labute approximate surface area is 160 Å². The van der Waals surface area contributed by atoms with Gasteiger partial charge in [-0.3, -0.25) is 4.79 Å². The molecule has 0 radical (unpaired) electrons. The first kappa shape index (κ1) is 18.6. The highest BCUT2D eigenvalue weighted by Crippen LogP contribution is 2.24. The van der Waals surface area contributed by atoms with Gasteiger partial charge in [-0.25, -0.2) is 0 Å². The van der Waals surface area contributed by atoms with Crippen LogP contribution in [0.4, 0.5) is 5.69 Å². The van der Waals surface area contributed by atoms with E-state index in [-0.39, 0.29) is 5.91 Å². The van der Waals surface area contributed by atoms with E-state index in [0.29, 0.717) is 12.1 Å². The number of rotatable bonds is 6. The van der Waals surface area contributed by atoms with E-state index in [1.807, 2.05) is 55.9 Å². The van der Waals surface area contributed by atoms with Gasteiger partial charge in [-0.2, -0.15) is 0 Å². The van der Waals surface area contributed by atoms with Crippen LogP contribution in [0.1, 0.15) is 23.1 Å². The topological polar surface area (TPSA) is 54.3 Å². The van der Waals surface area contributed by atoms with Crippen LogP contribution in [0.25, 0.3) is 11.1 Å². The van der Waals surface area contributed by atoms with Crippen LogP contribution >= 0.6 is 0 Å². The Morgan fingerprint density at radius 3 is 2.44 bits per heavy atom. The average molecular weight is 363 g/mol. The summed E-state index contributed by atoms with van der Waals surface area (Å²) in [4.78, 5) is 16.5. The lowest BCUT2D eigenvalue weighted by molar-refractivity contribution is 0.0780. The van der Waals surface area contributed by atoms with E-state index >= 15 is 0 Å². The van der Waals surface area contributed by atoms with Crippen LogP contribution in [0.3, 0.4) is 0 Å². The van der Waals surface area contributed by atoms with Crippen molar-refractivity contribution in [3.05, 3.63) is 66.2 Å². The van der Waals surface area contributed by atoms with Gasteiger partial charge in [-0.1, -0.05) is 24.3 Å². The van der Waals surface area contributed by atoms with Crippen LogP contribution in [0.5, 0.6) is 0 Å². The number of amides is 1. The Morgan fingerprint density at radius 1 is 1.04 bits per heavy atom. The highest BCUT2D eigenvalue weighted by Gasteiger charge is 2.15. The van der Waals surface area contributed by atoms with Crippen LogP contribution in [0.2, 0.25) is 0 Å². The molecule has 0 aliphatic carbocycles. The molecule has 6 nitrogen and oxygen atoms in total. The summed E-state index contributed by atoms with van der Waals surface area (Å²) in [5, 5.41) is 8.01. The van der Waals surface area contributed by atoms with E-state index in [9.17, 15) is 4.79 Å². The molecule has 1 heterocycles. The van der Waals surface area contributed by atoms with E-state index in [4.69, 9.17) is 0 Å². The number of anilines is 1. The second-order valence-corrected chi connectivity index (χ2v) is 6.72. The monoisotopic (exact) mass is 363 g/mol. The number of aromatic nitrogens is 3. The van der Waals surface area contributed by atoms with Crippen molar-refractivity contribution in [2.75, 3.05) is 26.0 Å². The first-order chi connectivity index (χ1) is 13.0. The van der Waals surface area contributed by atoms with Gasteiger partial charge in [0.15, 0.2) is 5.82 Å². The van der Waals surface area contributed by atoms with Crippen LogP contribution < -0.4 is 4.90 Å². The van der Waals surface area contributed by atoms with Gasteiger partial charge in [0.1, 0.15) is 6.33 Å². The Bertz CT molecular complexity index is 914. The fourth-order valence-electron chi connectivity index (χ4n) is 2.94. The van der Waals surface area contributed by atoms with Crippen molar-refractivity contribution in [1.82, 2.24) is 19.7 Å². The zero-order valence-electron chi connectivity index (χ0n) is 16.3. The standard InChI is InChI=1S/C21H25N5O/c1-5-26-15-22-23-20(26)14-25(4)21(27)17-11-9-16(10-12-17)18-7-6-8-19(13-18)24(2)3/h6-13,15H,5,14H2,1-4H3. The lowest BCUT2D eigenvalue weighted by Gasteiger charge is -2.17. The molecule has 0 N–H and O–H groups in total. The van der Waals surface area contributed by atoms with E-state index in [2.05, 4.69) is 33.3 Å². The van der Waals surface area contributed by atoms with Gasteiger partial charge in [0, 0.05) is 38.9 Å². The first-order valence-corrected chi connectivity index (χ1v) is 8.99. The summed E-state index contributed by atoms with van der Waals surface area (Å²) in [6, 6.07) is 16.1. The second kappa shape index (κ2) is 8.03. The maximum atomic E-state index is 12.7. The molecule has 0 atom stereocenters. The molecule has 1 aromatic heterocycles. The first-order valence-electron chi connectivity index (χ1n) is 8.99. The van der Waals surface area contributed by atoms with Crippen LogP contribution in [-0.4, -0.2) is 46.7 Å². The van der Waals surface area contributed by atoms with E-state index in [1.165, 1.54) is 0 Å². The van der Waals surface area contributed by atoms with Gasteiger partial charge in [0.2, 0.25) is 0 Å².